The Kier molecular flexibility index (Phi) is 10.3. The summed E-state index contributed by atoms with van der Waals surface area (Å²) < 4.78 is 39.8. The van der Waals surface area contributed by atoms with Crippen molar-refractivity contribution in [3.8, 4) is 5.75 Å². The average Bonchev–Trinajstić information content (AvgIpc) is 3.05. The maximum Gasteiger partial charge on any atom is 0.326 e. The van der Waals surface area contributed by atoms with E-state index in [2.05, 4.69) is 42.4 Å². The highest BCUT2D eigenvalue weighted by molar-refractivity contribution is 7.89. The second-order valence-corrected chi connectivity index (χ2v) is 14.4. The number of nitrogens with zero attached hydrogens (tertiary/aromatic N) is 4. The number of hydrogen-bond donors (Lipinski definition) is 3. The molecular weight excluding hydrogens is 606 g/mol. The number of carbonyl (C=O) groups excluding carboxylic acids is 1. The number of benzene rings is 1. The number of piperidine rings is 1. The van der Waals surface area contributed by atoms with Gasteiger partial charge >= 0.3 is 5.97 Å². The molecule has 3 N–H and O–H groups in total. The summed E-state index contributed by atoms with van der Waals surface area (Å²) in [4.78, 5) is 29.6. The molecule has 1 aromatic carbocycles. The molecule has 2 aliphatic heterocycles. The number of ether oxygens (including phenoxy) is 2. The molecule has 0 bridgehead atoms. The highest BCUT2D eigenvalue weighted by Gasteiger charge is 2.31. The number of nitrogens with one attached hydrogen (secondary N) is 3. The molecule has 2 aromatic heterocycles. The summed E-state index contributed by atoms with van der Waals surface area (Å²) in [7, 11) is -2.56. The Morgan fingerprint density at radius 3 is 2.52 bits per heavy atom. The van der Waals surface area contributed by atoms with Crippen LogP contribution in [0.4, 0.5) is 17.5 Å². The Hall–Kier alpha value is -3.97. The monoisotopic (exact) mass is 651 g/mol. The summed E-state index contributed by atoms with van der Waals surface area (Å²) in [6.07, 6.45) is 6.27. The van der Waals surface area contributed by atoms with Gasteiger partial charge in [-0.2, -0.15) is 4.72 Å². The Bertz CT molecular complexity index is 1620. The van der Waals surface area contributed by atoms with E-state index < -0.39 is 27.6 Å². The Balaban J connectivity index is 1.29. The smallest absolute Gasteiger partial charge is 0.326 e. The summed E-state index contributed by atoms with van der Waals surface area (Å²) in [6, 6.07) is 9.13. The van der Waals surface area contributed by atoms with Gasteiger partial charge in [0.2, 0.25) is 10.0 Å². The molecule has 0 aliphatic carbocycles. The Morgan fingerprint density at radius 1 is 1.11 bits per heavy atom. The van der Waals surface area contributed by atoms with Crippen LogP contribution < -0.4 is 25.0 Å². The van der Waals surface area contributed by atoms with E-state index in [9.17, 15) is 13.2 Å². The van der Waals surface area contributed by atoms with E-state index in [0.717, 1.165) is 68.2 Å². The van der Waals surface area contributed by atoms with E-state index in [1.54, 1.807) is 32.9 Å². The molecule has 0 spiro atoms. The molecule has 4 heterocycles. The van der Waals surface area contributed by atoms with Gasteiger partial charge in [-0.05, 0) is 88.8 Å². The number of esters is 1. The standard InChI is InChI=1S/C33H45N7O5S/c1-6-26-30(35-20-28(32(41)45-33(2,3)4)39-46(42,43)25-12-10-24(44-5)11-13-25)36-21-37-31(26)40-18-15-22(16-19-40)27-14-9-23-8-7-17-34-29(23)38-27/h9-14,21-22,28,39H,6-8,15-20H2,1-5H3,(H,34,38)(H,35,36,37)/t28-/m0/s1. The quantitative estimate of drug-likeness (QED) is 0.255. The summed E-state index contributed by atoms with van der Waals surface area (Å²) in [5.41, 5.74) is 2.52. The minimum atomic E-state index is -4.06. The summed E-state index contributed by atoms with van der Waals surface area (Å²) in [5.74, 6) is 2.62. The SMILES string of the molecule is CCc1c(NC[C@H](NS(=O)(=O)c2ccc(OC)cc2)C(=O)OC(C)(C)C)ncnc1N1CCC(c2ccc3c(n2)NCCC3)CC1. The number of rotatable bonds is 11. The number of fused-ring (bicyclic) bond motifs is 1. The first kappa shape index (κ1) is 33.4. The molecule has 13 heteroatoms. The second kappa shape index (κ2) is 14.2. The van der Waals surface area contributed by atoms with Gasteiger partial charge in [0.15, 0.2) is 0 Å². The molecule has 1 atom stereocenters. The third-order valence-corrected chi connectivity index (χ3v) is 9.72. The number of hydrogen-bond acceptors (Lipinski definition) is 11. The molecule has 3 aromatic rings. The van der Waals surface area contributed by atoms with Crippen molar-refractivity contribution in [2.24, 2.45) is 0 Å². The molecule has 2 aliphatic rings. The molecule has 12 nitrogen and oxygen atoms in total. The Morgan fingerprint density at radius 2 is 1.85 bits per heavy atom. The normalized spacial score (nSPS) is 16.2. The lowest BCUT2D eigenvalue weighted by Crippen LogP contribution is -2.48. The first-order chi connectivity index (χ1) is 22.0. The van der Waals surface area contributed by atoms with Crippen LogP contribution in [0.15, 0.2) is 47.6 Å². The lowest BCUT2D eigenvalue weighted by molar-refractivity contribution is -0.156. The maximum atomic E-state index is 13.3. The van der Waals surface area contributed by atoms with Crippen LogP contribution in [0.5, 0.6) is 5.75 Å². The number of carbonyl (C=O) groups is 1. The van der Waals surface area contributed by atoms with Crippen LogP contribution in [0.25, 0.3) is 0 Å². The zero-order valence-electron chi connectivity index (χ0n) is 27.3. The number of anilines is 3. The van der Waals surface area contributed by atoms with Gasteiger partial charge in [-0.1, -0.05) is 13.0 Å². The number of aryl methyl sites for hydroxylation is 1. The number of pyridine rings is 1. The van der Waals surface area contributed by atoms with E-state index in [4.69, 9.17) is 14.5 Å². The summed E-state index contributed by atoms with van der Waals surface area (Å²) in [6.45, 7) is 9.78. The predicted molar refractivity (Wildman–Crippen MR) is 178 cm³/mol. The molecule has 5 rings (SSSR count). The molecule has 248 valence electrons. The van der Waals surface area contributed by atoms with Crippen LogP contribution in [0.1, 0.15) is 69.7 Å². The number of methoxy groups -OCH3 is 1. The van der Waals surface area contributed by atoms with Crippen LogP contribution in [-0.4, -0.2) is 74.3 Å². The molecule has 46 heavy (non-hydrogen) atoms. The van der Waals surface area contributed by atoms with Crippen molar-refractivity contribution >= 4 is 33.4 Å². The van der Waals surface area contributed by atoms with Gasteiger partial charge in [0, 0.05) is 43.4 Å². The van der Waals surface area contributed by atoms with Crippen LogP contribution in [-0.2, 0) is 32.4 Å². The zero-order chi connectivity index (χ0) is 32.9. The minimum Gasteiger partial charge on any atom is -0.497 e. The van der Waals surface area contributed by atoms with Crippen LogP contribution >= 0.6 is 0 Å². The first-order valence-corrected chi connectivity index (χ1v) is 17.4. The molecule has 0 amide bonds. The van der Waals surface area contributed by atoms with Crippen molar-refractivity contribution in [3.63, 3.8) is 0 Å². The van der Waals surface area contributed by atoms with Crippen LogP contribution in [0.3, 0.4) is 0 Å². The number of sulfonamides is 1. The molecule has 0 saturated carbocycles. The minimum absolute atomic E-state index is 0.00526. The molecule has 0 unspecified atom stereocenters. The second-order valence-electron chi connectivity index (χ2n) is 12.7. The maximum absolute atomic E-state index is 13.3. The highest BCUT2D eigenvalue weighted by Crippen LogP contribution is 2.33. The van der Waals surface area contributed by atoms with Crippen molar-refractivity contribution < 1.29 is 22.7 Å². The predicted octanol–water partition coefficient (Wildman–Crippen LogP) is 4.29. The topological polar surface area (TPSA) is 148 Å². The Labute approximate surface area is 271 Å². The van der Waals surface area contributed by atoms with Crippen molar-refractivity contribution in [3.05, 3.63) is 59.5 Å². The van der Waals surface area contributed by atoms with E-state index in [-0.39, 0.29) is 11.4 Å². The van der Waals surface area contributed by atoms with Gasteiger partial charge in [0.05, 0.1) is 12.0 Å². The van der Waals surface area contributed by atoms with Crippen LogP contribution in [0.2, 0.25) is 0 Å². The van der Waals surface area contributed by atoms with Crippen molar-refractivity contribution in [1.29, 1.82) is 0 Å². The average molecular weight is 652 g/mol. The van der Waals surface area contributed by atoms with Gasteiger partial charge in [-0.3, -0.25) is 4.79 Å². The largest absolute Gasteiger partial charge is 0.497 e. The molecule has 0 radical (unpaired) electrons. The van der Waals surface area contributed by atoms with E-state index >= 15 is 0 Å². The third-order valence-electron chi connectivity index (χ3n) is 8.24. The van der Waals surface area contributed by atoms with E-state index in [0.29, 0.717) is 23.9 Å². The zero-order valence-corrected chi connectivity index (χ0v) is 28.1. The van der Waals surface area contributed by atoms with Gasteiger partial charge in [-0.25, -0.2) is 23.4 Å². The highest BCUT2D eigenvalue weighted by atomic mass is 32.2. The number of aromatic nitrogens is 3. The van der Waals surface area contributed by atoms with Crippen molar-refractivity contribution in [2.75, 3.05) is 48.8 Å². The van der Waals surface area contributed by atoms with Gasteiger partial charge in [-0.15, -0.1) is 0 Å². The lowest BCUT2D eigenvalue weighted by atomic mass is 9.92. The van der Waals surface area contributed by atoms with Gasteiger partial charge in [0.25, 0.3) is 0 Å². The summed E-state index contributed by atoms with van der Waals surface area (Å²) >= 11 is 0. The van der Waals surface area contributed by atoms with Gasteiger partial charge < -0.3 is 25.0 Å². The van der Waals surface area contributed by atoms with Crippen LogP contribution in [0, 0.1) is 0 Å². The summed E-state index contributed by atoms with van der Waals surface area (Å²) in [5, 5.41) is 6.67. The third kappa shape index (κ3) is 8.05. The van der Waals surface area contributed by atoms with Gasteiger partial charge in [0.1, 0.15) is 41.2 Å². The fourth-order valence-electron chi connectivity index (χ4n) is 5.87. The lowest BCUT2D eigenvalue weighted by Gasteiger charge is -2.34. The molecular formula is C33H45N7O5S. The van der Waals surface area contributed by atoms with Crippen molar-refractivity contribution in [1.82, 2.24) is 19.7 Å². The van der Waals surface area contributed by atoms with Crippen molar-refractivity contribution in [2.45, 2.75) is 82.3 Å². The molecule has 1 saturated heterocycles. The fraction of sp³-hybridized carbons (Fsp3) is 0.515. The molecule has 1 fully saturated rings. The first-order valence-electron chi connectivity index (χ1n) is 15.9. The fourth-order valence-corrected chi connectivity index (χ4v) is 7.05. The van der Waals surface area contributed by atoms with E-state index in [1.807, 2.05) is 6.92 Å². The van der Waals surface area contributed by atoms with E-state index in [1.165, 1.54) is 31.1 Å².